The molecule has 0 spiro atoms. The summed E-state index contributed by atoms with van der Waals surface area (Å²) in [7, 11) is 0. The van der Waals surface area contributed by atoms with Crippen LogP contribution in [0.1, 0.15) is 37.9 Å². The van der Waals surface area contributed by atoms with E-state index in [1.165, 1.54) is 0 Å². The molecule has 0 aliphatic carbocycles. The van der Waals surface area contributed by atoms with Crippen molar-refractivity contribution in [2.24, 2.45) is 0 Å². The monoisotopic (exact) mass is 312 g/mol. The van der Waals surface area contributed by atoms with Gasteiger partial charge in [-0.1, -0.05) is 6.92 Å². The average molecular weight is 312 g/mol. The largest absolute Gasteiger partial charge is 0.390 e. The minimum atomic E-state index is -0.684. The van der Waals surface area contributed by atoms with Gasteiger partial charge in [-0.05, 0) is 32.3 Å². The van der Waals surface area contributed by atoms with Gasteiger partial charge in [-0.2, -0.15) is 5.26 Å². The average Bonchev–Trinajstić information content (AvgIpc) is 2.53. The first-order valence-electron chi connectivity index (χ1n) is 7.87. The Morgan fingerprint density at radius 2 is 2.17 bits per heavy atom. The van der Waals surface area contributed by atoms with Gasteiger partial charge < -0.3 is 15.0 Å². The SMILES string of the molecule is CCc1cc2c(N3CCC(C)(O)CC3)c(C#N)c(=O)[nH]c2cn1. The predicted octanol–water partition coefficient (Wildman–Crippen LogP) is 1.71. The molecule has 2 N–H and O–H groups in total. The van der Waals surface area contributed by atoms with E-state index in [2.05, 4.69) is 9.97 Å². The molecule has 3 heterocycles. The first-order chi connectivity index (χ1) is 10.9. The van der Waals surface area contributed by atoms with Crippen LogP contribution in [0.4, 0.5) is 5.69 Å². The number of aliphatic hydroxyl groups is 1. The molecule has 0 radical (unpaired) electrons. The lowest BCUT2D eigenvalue weighted by Crippen LogP contribution is -2.43. The number of hydrogen-bond donors (Lipinski definition) is 2. The van der Waals surface area contributed by atoms with Crippen LogP contribution in [0, 0.1) is 11.3 Å². The lowest BCUT2D eigenvalue weighted by Gasteiger charge is -2.37. The number of rotatable bonds is 2. The fourth-order valence-corrected chi connectivity index (χ4v) is 3.06. The highest BCUT2D eigenvalue weighted by Gasteiger charge is 2.30. The Labute approximate surface area is 134 Å². The second-order valence-corrected chi connectivity index (χ2v) is 6.35. The van der Waals surface area contributed by atoms with E-state index in [0.717, 1.165) is 17.5 Å². The van der Waals surface area contributed by atoms with Gasteiger partial charge >= 0.3 is 0 Å². The number of piperidine rings is 1. The van der Waals surface area contributed by atoms with Crippen molar-refractivity contribution in [2.45, 2.75) is 38.7 Å². The maximum atomic E-state index is 12.2. The minimum Gasteiger partial charge on any atom is -0.390 e. The van der Waals surface area contributed by atoms with Gasteiger partial charge in [0, 0.05) is 24.2 Å². The Bertz CT molecular complexity index is 838. The maximum absolute atomic E-state index is 12.2. The first kappa shape index (κ1) is 15.5. The summed E-state index contributed by atoms with van der Waals surface area (Å²) in [5.74, 6) is 0. The number of nitrogens with zero attached hydrogens (tertiary/aromatic N) is 3. The van der Waals surface area contributed by atoms with Gasteiger partial charge in [-0.25, -0.2) is 0 Å². The van der Waals surface area contributed by atoms with Gasteiger partial charge in [0.05, 0.1) is 23.0 Å². The zero-order valence-electron chi connectivity index (χ0n) is 13.4. The number of anilines is 1. The molecule has 0 unspecified atom stereocenters. The number of nitriles is 1. The number of pyridine rings is 2. The van der Waals surface area contributed by atoms with Gasteiger partial charge in [0.15, 0.2) is 0 Å². The molecule has 3 rings (SSSR count). The molecule has 6 heteroatoms. The second kappa shape index (κ2) is 5.67. The summed E-state index contributed by atoms with van der Waals surface area (Å²) >= 11 is 0. The van der Waals surface area contributed by atoms with Crippen LogP contribution in [-0.2, 0) is 6.42 Å². The van der Waals surface area contributed by atoms with Crippen LogP contribution in [-0.4, -0.2) is 33.8 Å². The molecule has 0 atom stereocenters. The molecule has 0 amide bonds. The zero-order valence-corrected chi connectivity index (χ0v) is 13.4. The van der Waals surface area contributed by atoms with Crippen LogP contribution in [0.25, 0.3) is 10.9 Å². The summed E-state index contributed by atoms with van der Waals surface area (Å²) < 4.78 is 0. The lowest BCUT2D eigenvalue weighted by atomic mass is 9.93. The molecule has 2 aromatic heterocycles. The summed E-state index contributed by atoms with van der Waals surface area (Å²) in [6.45, 7) is 5.07. The molecule has 0 saturated carbocycles. The van der Waals surface area contributed by atoms with Crippen molar-refractivity contribution >= 4 is 16.6 Å². The molecule has 0 aromatic carbocycles. The van der Waals surface area contributed by atoms with Crippen LogP contribution in [0.15, 0.2) is 17.1 Å². The zero-order chi connectivity index (χ0) is 16.6. The first-order valence-corrected chi connectivity index (χ1v) is 7.87. The van der Waals surface area contributed by atoms with E-state index < -0.39 is 11.2 Å². The minimum absolute atomic E-state index is 0.132. The standard InChI is InChI=1S/C17H20N4O2/c1-3-11-8-12-14(10-19-11)20-16(22)13(9-18)15(12)21-6-4-17(2,23)5-7-21/h8,10,23H,3-7H2,1-2H3,(H,20,22). The molecule has 1 fully saturated rings. The van der Waals surface area contributed by atoms with Gasteiger partial charge in [0.1, 0.15) is 11.6 Å². The Hall–Kier alpha value is -2.39. The Balaban J connectivity index is 2.20. The van der Waals surface area contributed by atoms with E-state index in [1.54, 1.807) is 6.20 Å². The molecule has 6 nitrogen and oxygen atoms in total. The predicted molar refractivity (Wildman–Crippen MR) is 88.5 cm³/mol. The van der Waals surface area contributed by atoms with Crippen molar-refractivity contribution in [2.75, 3.05) is 18.0 Å². The van der Waals surface area contributed by atoms with Crippen LogP contribution >= 0.6 is 0 Å². The molecule has 23 heavy (non-hydrogen) atoms. The molecule has 1 aliphatic heterocycles. The van der Waals surface area contributed by atoms with Crippen LogP contribution in [0.2, 0.25) is 0 Å². The number of aryl methyl sites for hydroxylation is 1. The number of hydrogen-bond acceptors (Lipinski definition) is 5. The lowest BCUT2D eigenvalue weighted by molar-refractivity contribution is 0.0352. The number of nitrogens with one attached hydrogen (secondary N) is 1. The Morgan fingerprint density at radius 3 is 2.78 bits per heavy atom. The van der Waals surface area contributed by atoms with Crippen molar-refractivity contribution < 1.29 is 5.11 Å². The maximum Gasteiger partial charge on any atom is 0.268 e. The van der Waals surface area contributed by atoms with Gasteiger partial charge in [-0.15, -0.1) is 0 Å². The number of H-pyrrole nitrogens is 1. The molecule has 1 saturated heterocycles. The smallest absolute Gasteiger partial charge is 0.268 e. The van der Waals surface area contributed by atoms with E-state index in [9.17, 15) is 15.2 Å². The quantitative estimate of drug-likeness (QED) is 0.880. The highest BCUT2D eigenvalue weighted by Crippen LogP contribution is 2.32. The third-order valence-electron chi connectivity index (χ3n) is 4.56. The summed E-state index contributed by atoms with van der Waals surface area (Å²) in [6, 6.07) is 3.98. The van der Waals surface area contributed by atoms with E-state index in [0.29, 0.717) is 37.1 Å². The second-order valence-electron chi connectivity index (χ2n) is 6.35. The molecule has 2 aromatic rings. The third kappa shape index (κ3) is 2.80. The third-order valence-corrected chi connectivity index (χ3v) is 4.56. The van der Waals surface area contributed by atoms with Gasteiger partial charge in [0.2, 0.25) is 0 Å². The van der Waals surface area contributed by atoms with Crippen molar-refractivity contribution in [1.29, 1.82) is 5.26 Å². The summed E-state index contributed by atoms with van der Waals surface area (Å²) in [5.41, 5.74) is 1.28. The van der Waals surface area contributed by atoms with E-state index in [1.807, 2.05) is 30.9 Å². The van der Waals surface area contributed by atoms with E-state index >= 15 is 0 Å². The van der Waals surface area contributed by atoms with Crippen molar-refractivity contribution in [3.05, 3.63) is 33.9 Å². The Morgan fingerprint density at radius 1 is 1.48 bits per heavy atom. The summed E-state index contributed by atoms with van der Waals surface area (Å²) in [6.07, 6.45) is 3.65. The van der Waals surface area contributed by atoms with Gasteiger partial charge in [-0.3, -0.25) is 9.78 Å². The highest BCUT2D eigenvalue weighted by molar-refractivity contribution is 5.94. The molecular weight excluding hydrogens is 292 g/mol. The number of aromatic nitrogens is 2. The Kier molecular flexibility index (Phi) is 3.82. The topological polar surface area (TPSA) is 93.0 Å². The fourth-order valence-electron chi connectivity index (χ4n) is 3.06. The molecular formula is C17H20N4O2. The van der Waals surface area contributed by atoms with Gasteiger partial charge in [0.25, 0.3) is 5.56 Å². The molecule has 1 aliphatic rings. The van der Waals surface area contributed by atoms with E-state index in [-0.39, 0.29) is 5.56 Å². The van der Waals surface area contributed by atoms with Crippen molar-refractivity contribution in [3.63, 3.8) is 0 Å². The highest BCUT2D eigenvalue weighted by atomic mass is 16.3. The number of fused-ring (bicyclic) bond motifs is 1. The fraction of sp³-hybridized carbons (Fsp3) is 0.471. The van der Waals surface area contributed by atoms with Crippen molar-refractivity contribution in [3.8, 4) is 6.07 Å². The van der Waals surface area contributed by atoms with Crippen LogP contribution < -0.4 is 10.5 Å². The number of aromatic amines is 1. The van der Waals surface area contributed by atoms with Crippen molar-refractivity contribution in [1.82, 2.24) is 9.97 Å². The summed E-state index contributed by atoms with van der Waals surface area (Å²) in [5, 5.41) is 20.4. The van der Waals surface area contributed by atoms with Crippen LogP contribution in [0.5, 0.6) is 0 Å². The molecule has 120 valence electrons. The molecule has 0 bridgehead atoms. The summed E-state index contributed by atoms with van der Waals surface area (Å²) in [4.78, 5) is 21.3. The normalized spacial score (nSPS) is 17.2. The van der Waals surface area contributed by atoms with Crippen LogP contribution in [0.3, 0.4) is 0 Å². The van der Waals surface area contributed by atoms with E-state index in [4.69, 9.17) is 0 Å².